The number of aromatic nitrogens is 5. The van der Waals surface area contributed by atoms with Gasteiger partial charge >= 0.3 is 0 Å². The summed E-state index contributed by atoms with van der Waals surface area (Å²) in [5.41, 5.74) is 0.823. The van der Waals surface area contributed by atoms with Gasteiger partial charge in [0.15, 0.2) is 5.82 Å². The van der Waals surface area contributed by atoms with Gasteiger partial charge in [0.25, 0.3) is 0 Å². The Morgan fingerprint density at radius 3 is 3.10 bits per heavy atom. The van der Waals surface area contributed by atoms with Crippen LogP contribution in [0.4, 0.5) is 10.9 Å². The summed E-state index contributed by atoms with van der Waals surface area (Å²) in [6.07, 6.45) is 5.20. The average molecular weight is 288 g/mol. The SMILES string of the molecule is OCCn1cc(-c2nsc(Nc3ccccn3)n2)cn1. The molecule has 0 aliphatic carbocycles. The van der Waals surface area contributed by atoms with Crippen molar-refractivity contribution < 1.29 is 5.11 Å². The fourth-order valence-electron chi connectivity index (χ4n) is 1.64. The first-order valence-electron chi connectivity index (χ1n) is 6.00. The molecule has 0 aliphatic heterocycles. The number of hydrogen-bond donors (Lipinski definition) is 2. The van der Waals surface area contributed by atoms with Crippen LogP contribution in [0.2, 0.25) is 0 Å². The molecule has 0 saturated heterocycles. The van der Waals surface area contributed by atoms with Gasteiger partial charge in [0.05, 0.1) is 24.9 Å². The standard InChI is InChI=1S/C12H12N6OS/c19-6-5-18-8-9(7-14-18)11-16-12(20-17-11)15-10-3-1-2-4-13-10/h1-4,7-8,19H,5-6H2,(H,13,15,16,17). The predicted octanol–water partition coefficient (Wildman–Crippen LogP) is 1.53. The van der Waals surface area contributed by atoms with Gasteiger partial charge in [-0.3, -0.25) is 4.68 Å². The molecule has 3 rings (SSSR count). The molecular formula is C12H12N6OS. The second-order valence-electron chi connectivity index (χ2n) is 3.98. The third-order valence-electron chi connectivity index (χ3n) is 2.55. The van der Waals surface area contributed by atoms with Gasteiger partial charge in [0, 0.05) is 23.9 Å². The summed E-state index contributed by atoms with van der Waals surface area (Å²) < 4.78 is 5.94. The molecule has 0 atom stereocenters. The Kier molecular flexibility index (Phi) is 3.66. The molecule has 0 spiro atoms. The Labute approximate surface area is 119 Å². The second kappa shape index (κ2) is 5.76. The van der Waals surface area contributed by atoms with Crippen LogP contribution in [-0.2, 0) is 6.54 Å². The molecule has 0 aromatic carbocycles. The number of pyridine rings is 1. The molecule has 2 N–H and O–H groups in total. The van der Waals surface area contributed by atoms with Crippen molar-refractivity contribution in [3.63, 3.8) is 0 Å². The number of hydrogen-bond acceptors (Lipinski definition) is 7. The average Bonchev–Trinajstić information content (AvgIpc) is 3.10. The van der Waals surface area contributed by atoms with Crippen molar-refractivity contribution in [2.24, 2.45) is 0 Å². The lowest BCUT2D eigenvalue weighted by molar-refractivity contribution is 0.269. The van der Waals surface area contributed by atoms with Crippen molar-refractivity contribution in [3.05, 3.63) is 36.8 Å². The molecule has 8 heteroatoms. The molecule has 3 heterocycles. The highest BCUT2D eigenvalue weighted by Crippen LogP contribution is 2.22. The maximum Gasteiger partial charge on any atom is 0.208 e. The van der Waals surface area contributed by atoms with Crippen LogP contribution in [-0.4, -0.2) is 35.8 Å². The van der Waals surface area contributed by atoms with Gasteiger partial charge in [0.1, 0.15) is 5.82 Å². The van der Waals surface area contributed by atoms with Crippen LogP contribution in [0.1, 0.15) is 0 Å². The summed E-state index contributed by atoms with van der Waals surface area (Å²) in [6, 6.07) is 5.61. The molecule has 0 aliphatic rings. The molecule has 0 saturated carbocycles. The second-order valence-corrected chi connectivity index (χ2v) is 4.73. The van der Waals surface area contributed by atoms with Crippen LogP contribution in [0.15, 0.2) is 36.8 Å². The number of anilines is 2. The summed E-state index contributed by atoms with van der Waals surface area (Å²) in [4.78, 5) is 8.56. The lowest BCUT2D eigenvalue weighted by Crippen LogP contribution is -2.01. The lowest BCUT2D eigenvalue weighted by atomic mass is 10.3. The molecule has 3 aromatic rings. The van der Waals surface area contributed by atoms with Gasteiger partial charge in [-0.2, -0.15) is 14.5 Å². The molecule has 3 aromatic heterocycles. The van der Waals surface area contributed by atoms with Crippen molar-refractivity contribution in [1.82, 2.24) is 24.1 Å². The van der Waals surface area contributed by atoms with Crippen LogP contribution in [0.25, 0.3) is 11.4 Å². The highest BCUT2D eigenvalue weighted by Gasteiger charge is 2.09. The maximum atomic E-state index is 8.86. The number of rotatable bonds is 5. The summed E-state index contributed by atoms with van der Waals surface area (Å²) in [5, 5.41) is 16.8. The van der Waals surface area contributed by atoms with Crippen LogP contribution in [0, 0.1) is 0 Å². The van der Waals surface area contributed by atoms with Gasteiger partial charge in [-0.05, 0) is 12.1 Å². The molecule has 0 unspecified atom stereocenters. The molecule has 102 valence electrons. The fourth-order valence-corrected chi connectivity index (χ4v) is 2.24. The zero-order chi connectivity index (χ0) is 13.8. The number of nitrogens with one attached hydrogen (secondary N) is 1. The van der Waals surface area contributed by atoms with Crippen molar-refractivity contribution in [1.29, 1.82) is 0 Å². The zero-order valence-corrected chi connectivity index (χ0v) is 11.3. The summed E-state index contributed by atoms with van der Waals surface area (Å²) in [5.74, 6) is 1.34. The Hall–Kier alpha value is -2.32. The maximum absolute atomic E-state index is 8.86. The van der Waals surface area contributed by atoms with E-state index in [1.54, 1.807) is 17.1 Å². The zero-order valence-electron chi connectivity index (χ0n) is 10.5. The van der Waals surface area contributed by atoms with Crippen molar-refractivity contribution in [3.8, 4) is 11.4 Å². The summed E-state index contributed by atoms with van der Waals surface area (Å²) in [6.45, 7) is 0.515. The highest BCUT2D eigenvalue weighted by atomic mass is 32.1. The van der Waals surface area contributed by atoms with Crippen molar-refractivity contribution in [2.75, 3.05) is 11.9 Å². The lowest BCUT2D eigenvalue weighted by Gasteiger charge is -1.98. The third kappa shape index (κ3) is 2.81. The van der Waals surface area contributed by atoms with Gasteiger partial charge in [0.2, 0.25) is 5.13 Å². The minimum absolute atomic E-state index is 0.0537. The number of nitrogens with zero attached hydrogens (tertiary/aromatic N) is 5. The summed E-state index contributed by atoms with van der Waals surface area (Å²) in [7, 11) is 0. The molecule has 20 heavy (non-hydrogen) atoms. The van der Waals surface area contributed by atoms with E-state index in [-0.39, 0.29) is 6.61 Å². The van der Waals surface area contributed by atoms with Crippen LogP contribution >= 0.6 is 11.5 Å². The van der Waals surface area contributed by atoms with E-state index in [9.17, 15) is 0 Å². The predicted molar refractivity (Wildman–Crippen MR) is 75.7 cm³/mol. The van der Waals surface area contributed by atoms with E-state index in [1.807, 2.05) is 24.4 Å². The highest BCUT2D eigenvalue weighted by molar-refractivity contribution is 7.09. The van der Waals surface area contributed by atoms with Gasteiger partial charge < -0.3 is 10.4 Å². The largest absolute Gasteiger partial charge is 0.394 e. The summed E-state index contributed by atoms with van der Waals surface area (Å²) >= 11 is 1.26. The van der Waals surface area contributed by atoms with Crippen LogP contribution in [0.3, 0.4) is 0 Å². The molecule has 0 amide bonds. The monoisotopic (exact) mass is 288 g/mol. The normalized spacial score (nSPS) is 10.7. The van der Waals surface area contributed by atoms with Crippen LogP contribution in [0.5, 0.6) is 0 Å². The van der Waals surface area contributed by atoms with Gasteiger partial charge in [-0.1, -0.05) is 6.07 Å². The molecule has 7 nitrogen and oxygen atoms in total. The van der Waals surface area contributed by atoms with E-state index >= 15 is 0 Å². The van der Waals surface area contributed by atoms with Gasteiger partial charge in [-0.25, -0.2) is 4.98 Å². The minimum Gasteiger partial charge on any atom is -0.394 e. The van der Waals surface area contributed by atoms with E-state index < -0.39 is 0 Å². The Morgan fingerprint density at radius 2 is 2.30 bits per heavy atom. The minimum atomic E-state index is 0.0537. The topological polar surface area (TPSA) is 88.8 Å². The van der Waals surface area contributed by atoms with Crippen LogP contribution < -0.4 is 5.32 Å². The molecule has 0 bridgehead atoms. The van der Waals surface area contributed by atoms with E-state index in [4.69, 9.17) is 5.11 Å². The first-order valence-corrected chi connectivity index (χ1v) is 6.78. The van der Waals surface area contributed by atoms with E-state index in [0.29, 0.717) is 17.5 Å². The Morgan fingerprint density at radius 1 is 1.35 bits per heavy atom. The number of aliphatic hydroxyl groups is 1. The van der Waals surface area contributed by atoms with E-state index in [0.717, 1.165) is 11.4 Å². The fraction of sp³-hybridized carbons (Fsp3) is 0.167. The molecular weight excluding hydrogens is 276 g/mol. The molecule has 0 fully saturated rings. The quantitative estimate of drug-likeness (QED) is 0.740. The van der Waals surface area contributed by atoms with Crippen molar-refractivity contribution >= 4 is 22.5 Å². The molecule has 0 radical (unpaired) electrons. The third-order valence-corrected chi connectivity index (χ3v) is 3.18. The smallest absolute Gasteiger partial charge is 0.208 e. The Balaban J connectivity index is 1.76. The first-order chi connectivity index (χ1) is 9.85. The first kappa shape index (κ1) is 12.7. The van der Waals surface area contributed by atoms with E-state index in [2.05, 4.69) is 24.8 Å². The Bertz CT molecular complexity index is 680. The van der Waals surface area contributed by atoms with Gasteiger partial charge in [-0.15, -0.1) is 0 Å². The number of aliphatic hydroxyl groups excluding tert-OH is 1. The van der Waals surface area contributed by atoms with E-state index in [1.165, 1.54) is 11.5 Å². The van der Waals surface area contributed by atoms with Crippen molar-refractivity contribution in [2.45, 2.75) is 6.54 Å².